The van der Waals surface area contributed by atoms with E-state index in [1.165, 1.54) is 0 Å². The van der Waals surface area contributed by atoms with Crippen LogP contribution in [0.15, 0.2) is 12.1 Å². The van der Waals surface area contributed by atoms with E-state index in [-0.39, 0.29) is 17.2 Å². The van der Waals surface area contributed by atoms with E-state index in [1.807, 2.05) is 13.8 Å². The van der Waals surface area contributed by atoms with Crippen LogP contribution in [0.5, 0.6) is 0 Å². The van der Waals surface area contributed by atoms with Gasteiger partial charge < -0.3 is 15.1 Å². The van der Waals surface area contributed by atoms with E-state index in [0.29, 0.717) is 18.9 Å². The zero-order chi connectivity index (χ0) is 15.6. The van der Waals surface area contributed by atoms with Crippen LogP contribution < -0.4 is 19.6 Å². The van der Waals surface area contributed by atoms with Crippen LogP contribution in [0.4, 0.5) is 11.5 Å². The Kier molecular flexibility index (Phi) is 5.94. The molecule has 22 heavy (non-hydrogen) atoms. The van der Waals surface area contributed by atoms with Crippen molar-refractivity contribution in [3.63, 3.8) is 0 Å². The summed E-state index contributed by atoms with van der Waals surface area (Å²) in [5.41, 5.74) is 7.30. The molecule has 0 aliphatic carbocycles. The molecular formula is C12H21N3O6S. The van der Waals surface area contributed by atoms with Gasteiger partial charge in [-0.15, -0.1) is 0 Å². The molecule has 0 saturated carbocycles. The van der Waals surface area contributed by atoms with Gasteiger partial charge in [-0.1, -0.05) is 13.8 Å². The number of anilines is 2. The van der Waals surface area contributed by atoms with Crippen molar-refractivity contribution >= 4 is 21.9 Å². The molecule has 0 atom stereocenters. The first kappa shape index (κ1) is 18.4. The van der Waals surface area contributed by atoms with Gasteiger partial charge in [0.1, 0.15) is 0 Å². The van der Waals surface area contributed by atoms with E-state index in [1.54, 1.807) is 12.1 Å². The molecule has 1 aliphatic heterocycles. The number of hydrogen-bond donors (Lipinski definition) is 2. The molecule has 4 N–H and O–H groups in total. The van der Waals surface area contributed by atoms with Crippen LogP contribution in [0.25, 0.3) is 0 Å². The largest absolute Gasteiger partial charge is 0.870 e. The Morgan fingerprint density at radius 3 is 2.45 bits per heavy atom. The van der Waals surface area contributed by atoms with Crippen molar-refractivity contribution in [2.75, 3.05) is 36.9 Å². The highest BCUT2D eigenvalue weighted by atomic mass is 32.3. The summed E-state index contributed by atoms with van der Waals surface area (Å²) in [7, 11) is -4.64. The number of hydrogen-bond acceptors (Lipinski definition) is 7. The summed E-state index contributed by atoms with van der Waals surface area (Å²) >= 11 is 0. The predicted molar refractivity (Wildman–Crippen MR) is 78.2 cm³/mol. The lowest BCUT2D eigenvalue weighted by atomic mass is 10.1. The number of nitrogens with zero attached hydrogens (tertiary/aromatic N) is 2. The van der Waals surface area contributed by atoms with Gasteiger partial charge in [0, 0.05) is 30.8 Å². The third-order valence-corrected chi connectivity index (χ3v) is 3.53. The summed E-state index contributed by atoms with van der Waals surface area (Å²) in [5.74, 6) is 0.0513. The molecule has 0 unspecified atom stereocenters. The number of nitrogen functional groups attached to an aromatic ring is 1. The van der Waals surface area contributed by atoms with Gasteiger partial charge in [0.25, 0.3) is 0 Å². The Morgan fingerprint density at radius 2 is 1.95 bits per heavy atom. The Morgan fingerprint density at radius 1 is 1.36 bits per heavy atom. The van der Waals surface area contributed by atoms with Crippen molar-refractivity contribution < 1.29 is 32.2 Å². The molecule has 2 heterocycles. The van der Waals surface area contributed by atoms with E-state index < -0.39 is 10.4 Å². The zero-order valence-corrected chi connectivity index (χ0v) is 13.3. The average molecular weight is 335 g/mol. The predicted octanol–water partition coefficient (Wildman–Crippen LogP) is -0.429. The standard InChI is InChI=1S/C12H19N3O5S.H2O/c1-9(2)11-7-10(14-3-5-19-6-4-14)8-12(13)15(11)20-21(16,17)18;/h7-9,13H,3-6H2,1-2H3,(H,16,17,18);1H2. The molecule has 0 bridgehead atoms. The fourth-order valence-corrected chi connectivity index (χ4v) is 2.56. The highest BCUT2D eigenvalue weighted by Crippen LogP contribution is 2.22. The van der Waals surface area contributed by atoms with Crippen LogP contribution in [0.1, 0.15) is 25.5 Å². The second kappa shape index (κ2) is 7.09. The number of pyridine rings is 1. The molecule has 0 spiro atoms. The number of morpholine rings is 1. The summed E-state index contributed by atoms with van der Waals surface area (Å²) in [4.78, 5) is 2.10. The summed E-state index contributed by atoms with van der Waals surface area (Å²) in [6, 6.07) is 3.42. The summed E-state index contributed by atoms with van der Waals surface area (Å²) in [5, 5.41) is 0. The minimum absolute atomic E-state index is 0. The second-order valence-electron chi connectivity index (χ2n) is 5.11. The number of rotatable bonds is 4. The van der Waals surface area contributed by atoms with Crippen LogP contribution in [0, 0.1) is 0 Å². The van der Waals surface area contributed by atoms with Gasteiger partial charge in [-0.05, 0) is 4.73 Å². The van der Waals surface area contributed by atoms with E-state index in [4.69, 9.17) is 15.0 Å². The smallest absolute Gasteiger partial charge is 0.482 e. The Hall–Kier alpha value is -1.62. The van der Waals surface area contributed by atoms with Crippen LogP contribution in [0.2, 0.25) is 0 Å². The third kappa shape index (κ3) is 4.44. The minimum atomic E-state index is -4.64. The first-order chi connectivity index (χ1) is 9.78. The molecule has 1 saturated heterocycles. The van der Waals surface area contributed by atoms with Crippen molar-refractivity contribution in [3.8, 4) is 0 Å². The molecule has 0 aromatic carbocycles. The van der Waals surface area contributed by atoms with Crippen molar-refractivity contribution in [3.05, 3.63) is 17.8 Å². The van der Waals surface area contributed by atoms with Crippen LogP contribution in [-0.2, 0) is 15.1 Å². The molecule has 1 aliphatic rings. The van der Waals surface area contributed by atoms with E-state index in [2.05, 4.69) is 9.18 Å². The van der Waals surface area contributed by atoms with Gasteiger partial charge in [0.15, 0.2) is 5.69 Å². The van der Waals surface area contributed by atoms with Crippen molar-refractivity contribution in [1.82, 2.24) is 0 Å². The maximum atomic E-state index is 10.9. The Balaban J connectivity index is 0.00000242. The summed E-state index contributed by atoms with van der Waals surface area (Å²) < 4.78 is 41.5. The molecule has 1 aromatic rings. The van der Waals surface area contributed by atoms with Gasteiger partial charge in [0.2, 0.25) is 0 Å². The number of aromatic nitrogens is 1. The first-order valence-corrected chi connectivity index (χ1v) is 8.00. The third-order valence-electron chi connectivity index (χ3n) is 3.20. The normalized spacial score (nSPS) is 15.5. The van der Waals surface area contributed by atoms with Crippen LogP contribution in [-0.4, -0.2) is 44.8 Å². The van der Waals surface area contributed by atoms with Crippen LogP contribution >= 0.6 is 0 Å². The molecule has 10 heteroatoms. The Labute approximate surface area is 129 Å². The van der Waals surface area contributed by atoms with Gasteiger partial charge in [-0.2, -0.15) is 12.7 Å². The molecule has 0 radical (unpaired) electrons. The highest BCUT2D eigenvalue weighted by Gasteiger charge is 2.25. The lowest BCUT2D eigenvalue weighted by Crippen LogP contribution is -2.51. The zero-order valence-electron chi connectivity index (χ0n) is 12.5. The minimum Gasteiger partial charge on any atom is -0.870 e. The number of ether oxygens (including phenoxy) is 1. The highest BCUT2D eigenvalue weighted by molar-refractivity contribution is 7.80. The second-order valence-corrected chi connectivity index (χ2v) is 6.12. The van der Waals surface area contributed by atoms with Crippen LogP contribution in [0.3, 0.4) is 0 Å². The van der Waals surface area contributed by atoms with E-state index in [0.717, 1.165) is 23.5 Å². The fourth-order valence-electron chi connectivity index (χ4n) is 2.20. The summed E-state index contributed by atoms with van der Waals surface area (Å²) in [6.45, 7) is 6.49. The van der Waals surface area contributed by atoms with Gasteiger partial charge in [-0.25, -0.2) is 0 Å². The molecular weight excluding hydrogens is 314 g/mol. The molecule has 9 nitrogen and oxygen atoms in total. The van der Waals surface area contributed by atoms with Crippen molar-refractivity contribution in [2.45, 2.75) is 19.8 Å². The topological polar surface area (TPSA) is 136 Å². The summed E-state index contributed by atoms with van der Waals surface area (Å²) in [6.07, 6.45) is 0. The molecule has 1 aromatic heterocycles. The molecule has 2 rings (SSSR count). The maximum absolute atomic E-state index is 10.9. The monoisotopic (exact) mass is 335 g/mol. The van der Waals surface area contributed by atoms with E-state index in [9.17, 15) is 8.42 Å². The molecule has 126 valence electrons. The quantitative estimate of drug-likeness (QED) is 0.559. The number of nitrogens with two attached hydrogens (primary N) is 1. The Bertz CT molecular complexity index is 614. The average Bonchev–Trinajstić information content (AvgIpc) is 2.40. The molecule has 0 amide bonds. The van der Waals surface area contributed by atoms with Crippen molar-refractivity contribution in [1.29, 1.82) is 0 Å². The molecule has 1 fully saturated rings. The van der Waals surface area contributed by atoms with Gasteiger partial charge in [-0.3, -0.25) is 10.3 Å². The maximum Gasteiger partial charge on any atom is 0.482 e. The van der Waals surface area contributed by atoms with Gasteiger partial charge >= 0.3 is 16.2 Å². The van der Waals surface area contributed by atoms with Gasteiger partial charge in [0.05, 0.1) is 19.3 Å². The lowest BCUT2D eigenvalue weighted by Gasteiger charge is -2.29. The van der Waals surface area contributed by atoms with E-state index >= 15 is 0 Å². The lowest BCUT2D eigenvalue weighted by molar-refractivity contribution is -0.851. The SMILES string of the molecule is CC(C)c1cc(N2CCOCC2)cc(N)[n+]1OS(=O)(=O)O.[OH-]. The fraction of sp³-hybridized carbons (Fsp3) is 0.583. The first-order valence-electron chi connectivity index (χ1n) is 6.63. The van der Waals surface area contributed by atoms with Crippen molar-refractivity contribution in [2.24, 2.45) is 0 Å².